The average Bonchev–Trinajstić information content (AvgIpc) is 2.38. The number of urea groups is 1. The summed E-state index contributed by atoms with van der Waals surface area (Å²) in [7, 11) is 0. The van der Waals surface area contributed by atoms with E-state index >= 15 is 0 Å². The average molecular weight is 271 g/mol. The molecule has 0 saturated heterocycles. The van der Waals surface area contributed by atoms with E-state index < -0.39 is 0 Å². The van der Waals surface area contributed by atoms with E-state index in [2.05, 4.69) is 5.32 Å². The predicted octanol–water partition coefficient (Wildman–Crippen LogP) is 2.77. The number of nitrogens with zero attached hydrogens (tertiary/aromatic N) is 1. The molecule has 0 unspecified atom stereocenters. The van der Waals surface area contributed by atoms with E-state index in [0.29, 0.717) is 31.3 Å². The van der Waals surface area contributed by atoms with Crippen LogP contribution in [-0.4, -0.2) is 37.2 Å². The minimum Gasteiger partial charge on any atom is -0.492 e. The highest BCUT2D eigenvalue weighted by Crippen LogP contribution is 2.14. The van der Waals surface area contributed by atoms with E-state index in [4.69, 9.17) is 16.3 Å². The van der Waals surface area contributed by atoms with Gasteiger partial charge in [0.05, 0.1) is 6.54 Å². The van der Waals surface area contributed by atoms with Gasteiger partial charge in [-0.25, -0.2) is 4.79 Å². The first-order valence-electron chi connectivity index (χ1n) is 6.08. The second-order valence-electron chi connectivity index (χ2n) is 3.71. The molecule has 0 atom stereocenters. The number of carbonyl (C=O) groups excluding carboxylic acids is 1. The van der Waals surface area contributed by atoms with Crippen molar-refractivity contribution in [3.63, 3.8) is 0 Å². The molecule has 0 heterocycles. The minimum absolute atomic E-state index is 0.0558. The fourth-order valence-electron chi connectivity index (χ4n) is 1.48. The summed E-state index contributed by atoms with van der Waals surface area (Å²) in [6.45, 7) is 6.24. The Hall–Kier alpha value is -1.42. The highest BCUT2D eigenvalue weighted by molar-refractivity contribution is 6.30. The van der Waals surface area contributed by atoms with E-state index in [0.717, 1.165) is 5.75 Å². The molecule has 0 aliphatic rings. The first-order valence-corrected chi connectivity index (χ1v) is 6.46. The van der Waals surface area contributed by atoms with Gasteiger partial charge in [0.1, 0.15) is 12.4 Å². The summed E-state index contributed by atoms with van der Waals surface area (Å²) in [6.07, 6.45) is 0. The Labute approximate surface area is 113 Å². The van der Waals surface area contributed by atoms with Crippen LogP contribution in [0.3, 0.4) is 0 Å². The van der Waals surface area contributed by atoms with E-state index in [9.17, 15) is 4.79 Å². The fraction of sp³-hybridized carbons (Fsp3) is 0.462. The van der Waals surface area contributed by atoms with Crippen molar-refractivity contribution in [2.75, 3.05) is 26.2 Å². The molecule has 0 aliphatic heterocycles. The molecule has 1 rings (SSSR count). The summed E-state index contributed by atoms with van der Waals surface area (Å²) in [5, 5.41) is 3.48. The molecule has 5 heteroatoms. The highest BCUT2D eigenvalue weighted by Gasteiger charge is 2.07. The van der Waals surface area contributed by atoms with Crippen molar-refractivity contribution in [2.45, 2.75) is 13.8 Å². The Morgan fingerprint density at radius 3 is 2.44 bits per heavy atom. The van der Waals surface area contributed by atoms with Crippen LogP contribution >= 0.6 is 11.6 Å². The standard InChI is InChI=1S/C13H19ClN2O2/c1-3-16(4-2)13(17)15-9-10-18-12-7-5-11(14)6-8-12/h5-8H,3-4,9-10H2,1-2H3,(H,15,17). The minimum atomic E-state index is -0.0558. The molecule has 100 valence electrons. The highest BCUT2D eigenvalue weighted by atomic mass is 35.5. The molecule has 0 saturated carbocycles. The molecule has 1 N–H and O–H groups in total. The van der Waals surface area contributed by atoms with Crippen LogP contribution in [-0.2, 0) is 0 Å². The molecular weight excluding hydrogens is 252 g/mol. The molecule has 4 nitrogen and oxygen atoms in total. The van der Waals surface area contributed by atoms with Crippen molar-refractivity contribution in [1.82, 2.24) is 10.2 Å². The van der Waals surface area contributed by atoms with Gasteiger partial charge in [0.15, 0.2) is 0 Å². The van der Waals surface area contributed by atoms with Crippen molar-refractivity contribution in [3.05, 3.63) is 29.3 Å². The quantitative estimate of drug-likeness (QED) is 0.808. The number of amides is 2. The summed E-state index contributed by atoms with van der Waals surface area (Å²) in [6, 6.07) is 7.08. The lowest BCUT2D eigenvalue weighted by Crippen LogP contribution is -2.41. The first-order chi connectivity index (χ1) is 8.67. The van der Waals surface area contributed by atoms with Crippen LogP contribution in [0.2, 0.25) is 5.02 Å². The molecule has 0 fully saturated rings. The Bertz CT molecular complexity index is 364. The fourth-order valence-corrected chi connectivity index (χ4v) is 1.61. The molecule has 1 aromatic carbocycles. The molecule has 0 aliphatic carbocycles. The normalized spacial score (nSPS) is 9.94. The van der Waals surface area contributed by atoms with Crippen LogP contribution in [0.4, 0.5) is 4.79 Å². The summed E-state index contributed by atoms with van der Waals surface area (Å²) in [5.74, 6) is 0.747. The third kappa shape index (κ3) is 4.84. The van der Waals surface area contributed by atoms with Gasteiger partial charge in [-0.3, -0.25) is 0 Å². The van der Waals surface area contributed by atoms with Gasteiger partial charge < -0.3 is 15.0 Å². The number of nitrogens with one attached hydrogen (secondary N) is 1. The molecule has 0 radical (unpaired) electrons. The second-order valence-corrected chi connectivity index (χ2v) is 4.14. The van der Waals surface area contributed by atoms with Crippen LogP contribution in [0.1, 0.15) is 13.8 Å². The topological polar surface area (TPSA) is 41.6 Å². The van der Waals surface area contributed by atoms with Gasteiger partial charge in [-0.1, -0.05) is 11.6 Å². The smallest absolute Gasteiger partial charge is 0.317 e. The maximum absolute atomic E-state index is 11.6. The van der Waals surface area contributed by atoms with Crippen molar-refractivity contribution >= 4 is 17.6 Å². The Morgan fingerprint density at radius 1 is 1.28 bits per heavy atom. The van der Waals surface area contributed by atoms with Crippen LogP contribution in [0.5, 0.6) is 5.75 Å². The molecule has 1 aromatic rings. The molecule has 0 spiro atoms. The zero-order chi connectivity index (χ0) is 13.4. The lowest BCUT2D eigenvalue weighted by Gasteiger charge is -2.19. The Morgan fingerprint density at radius 2 is 1.89 bits per heavy atom. The largest absolute Gasteiger partial charge is 0.492 e. The number of hydrogen-bond acceptors (Lipinski definition) is 2. The maximum Gasteiger partial charge on any atom is 0.317 e. The number of ether oxygens (including phenoxy) is 1. The van der Waals surface area contributed by atoms with Gasteiger partial charge in [0, 0.05) is 18.1 Å². The summed E-state index contributed by atoms with van der Waals surface area (Å²) < 4.78 is 5.47. The van der Waals surface area contributed by atoms with Crippen molar-refractivity contribution in [2.24, 2.45) is 0 Å². The number of rotatable bonds is 6. The van der Waals surface area contributed by atoms with Crippen LogP contribution in [0.15, 0.2) is 24.3 Å². The van der Waals surface area contributed by atoms with E-state index in [1.54, 1.807) is 29.2 Å². The van der Waals surface area contributed by atoms with Crippen LogP contribution < -0.4 is 10.1 Å². The third-order valence-corrected chi connectivity index (χ3v) is 2.76. The zero-order valence-corrected chi connectivity index (χ0v) is 11.5. The summed E-state index contributed by atoms with van der Waals surface area (Å²) >= 11 is 5.76. The first kappa shape index (κ1) is 14.6. The van der Waals surface area contributed by atoms with Crippen LogP contribution in [0.25, 0.3) is 0 Å². The second kappa shape index (κ2) is 7.82. The number of hydrogen-bond donors (Lipinski definition) is 1. The van der Waals surface area contributed by atoms with Gasteiger partial charge >= 0.3 is 6.03 Å². The summed E-state index contributed by atoms with van der Waals surface area (Å²) in [5.41, 5.74) is 0. The van der Waals surface area contributed by atoms with Gasteiger partial charge in [-0.15, -0.1) is 0 Å². The Kier molecular flexibility index (Phi) is 6.36. The zero-order valence-electron chi connectivity index (χ0n) is 10.8. The van der Waals surface area contributed by atoms with Gasteiger partial charge in [-0.2, -0.15) is 0 Å². The molecular formula is C13H19ClN2O2. The summed E-state index contributed by atoms with van der Waals surface area (Å²) in [4.78, 5) is 13.3. The number of carbonyl (C=O) groups is 1. The molecule has 0 bridgehead atoms. The lowest BCUT2D eigenvalue weighted by molar-refractivity contribution is 0.200. The van der Waals surface area contributed by atoms with Gasteiger partial charge in [0.2, 0.25) is 0 Å². The number of benzene rings is 1. The third-order valence-electron chi connectivity index (χ3n) is 2.51. The molecule has 18 heavy (non-hydrogen) atoms. The van der Waals surface area contributed by atoms with Crippen molar-refractivity contribution in [1.29, 1.82) is 0 Å². The van der Waals surface area contributed by atoms with Gasteiger partial charge in [-0.05, 0) is 38.1 Å². The molecule has 0 aromatic heterocycles. The number of halogens is 1. The predicted molar refractivity (Wildman–Crippen MR) is 73.3 cm³/mol. The van der Waals surface area contributed by atoms with Crippen molar-refractivity contribution < 1.29 is 9.53 Å². The van der Waals surface area contributed by atoms with Gasteiger partial charge in [0.25, 0.3) is 0 Å². The maximum atomic E-state index is 11.6. The van der Waals surface area contributed by atoms with E-state index in [1.165, 1.54) is 0 Å². The SMILES string of the molecule is CCN(CC)C(=O)NCCOc1ccc(Cl)cc1. The van der Waals surface area contributed by atoms with Crippen molar-refractivity contribution in [3.8, 4) is 5.75 Å². The van der Waals surface area contributed by atoms with E-state index in [-0.39, 0.29) is 6.03 Å². The van der Waals surface area contributed by atoms with E-state index in [1.807, 2.05) is 13.8 Å². The van der Waals surface area contributed by atoms with Crippen LogP contribution in [0, 0.1) is 0 Å². The lowest BCUT2D eigenvalue weighted by atomic mass is 10.3. The Balaban J connectivity index is 2.22. The monoisotopic (exact) mass is 270 g/mol. The molecule has 2 amide bonds.